The van der Waals surface area contributed by atoms with E-state index in [-0.39, 0.29) is 4.90 Å². The molecule has 1 aliphatic rings. The average molecular weight is 447 g/mol. The zero-order valence-electron chi connectivity index (χ0n) is 17.1. The largest absolute Gasteiger partial charge is 0.497 e. The van der Waals surface area contributed by atoms with Gasteiger partial charge < -0.3 is 9.47 Å². The van der Waals surface area contributed by atoms with Gasteiger partial charge in [0.05, 0.1) is 24.6 Å². The number of benzene rings is 2. The van der Waals surface area contributed by atoms with Crippen molar-refractivity contribution in [3.8, 4) is 11.5 Å². The maximum Gasteiger partial charge on any atom is 0.268 e. The molecule has 0 fully saturated rings. The molecule has 8 heteroatoms. The minimum atomic E-state index is -3.81. The van der Waals surface area contributed by atoms with Crippen molar-refractivity contribution in [2.45, 2.75) is 11.8 Å². The Morgan fingerprint density at radius 2 is 1.67 bits per heavy atom. The van der Waals surface area contributed by atoms with Crippen LogP contribution in [0.3, 0.4) is 0 Å². The van der Waals surface area contributed by atoms with E-state index in [9.17, 15) is 8.42 Å². The standard InChI is InChI=1S/C22H23ClN2O4S/c1-4-24-12-20(21(23)14-24)19-13-25(22-10-7-16(29-3)11-18(19)22)30(26,27)17-8-5-15(28-2)6-9-17/h5-11,13H,4,12,14H2,1-3H3. The Kier molecular flexibility index (Phi) is 5.53. The molecule has 0 bridgehead atoms. The minimum absolute atomic E-state index is 0.184. The molecule has 158 valence electrons. The molecule has 2 heterocycles. The molecule has 3 aromatic rings. The molecule has 0 saturated heterocycles. The molecule has 0 N–H and O–H groups in total. The molecule has 2 aromatic carbocycles. The van der Waals surface area contributed by atoms with Crippen molar-refractivity contribution in [3.63, 3.8) is 0 Å². The number of aromatic nitrogens is 1. The fourth-order valence-electron chi connectivity index (χ4n) is 3.72. The Bertz CT molecular complexity index is 1230. The average Bonchev–Trinajstić information content (AvgIpc) is 3.33. The summed E-state index contributed by atoms with van der Waals surface area (Å²) >= 11 is 6.57. The van der Waals surface area contributed by atoms with Crippen LogP contribution < -0.4 is 9.47 Å². The van der Waals surface area contributed by atoms with Gasteiger partial charge in [-0.15, -0.1) is 0 Å². The van der Waals surface area contributed by atoms with Gasteiger partial charge in [-0.1, -0.05) is 18.5 Å². The maximum absolute atomic E-state index is 13.5. The molecule has 1 aromatic heterocycles. The first-order valence-electron chi connectivity index (χ1n) is 9.58. The van der Waals surface area contributed by atoms with Crippen LogP contribution in [0.15, 0.2) is 58.6 Å². The molecule has 0 amide bonds. The van der Waals surface area contributed by atoms with E-state index in [0.717, 1.165) is 28.1 Å². The van der Waals surface area contributed by atoms with Gasteiger partial charge in [-0.3, -0.25) is 4.90 Å². The number of hydrogen-bond donors (Lipinski definition) is 0. The number of halogens is 1. The number of rotatable bonds is 6. The van der Waals surface area contributed by atoms with Gasteiger partial charge in [-0.25, -0.2) is 12.4 Å². The number of fused-ring (bicyclic) bond motifs is 1. The van der Waals surface area contributed by atoms with Gasteiger partial charge in [-0.05, 0) is 54.6 Å². The van der Waals surface area contributed by atoms with E-state index < -0.39 is 10.0 Å². The summed E-state index contributed by atoms with van der Waals surface area (Å²) in [5, 5.41) is 1.53. The van der Waals surface area contributed by atoms with Crippen LogP contribution in [0.2, 0.25) is 0 Å². The van der Waals surface area contributed by atoms with E-state index in [2.05, 4.69) is 11.8 Å². The first kappa shape index (κ1) is 20.8. The third-order valence-corrected chi connectivity index (χ3v) is 7.47. The van der Waals surface area contributed by atoms with Crippen molar-refractivity contribution in [1.82, 2.24) is 8.87 Å². The lowest BCUT2D eigenvalue weighted by Crippen LogP contribution is -2.20. The van der Waals surface area contributed by atoms with E-state index in [4.69, 9.17) is 21.1 Å². The second-order valence-corrected chi connectivity index (χ2v) is 9.36. The number of ether oxygens (including phenoxy) is 2. The van der Waals surface area contributed by atoms with Crippen LogP contribution in [-0.2, 0) is 10.0 Å². The van der Waals surface area contributed by atoms with Crippen molar-refractivity contribution >= 4 is 38.1 Å². The Labute approximate surface area is 181 Å². The quantitative estimate of drug-likeness (QED) is 0.568. The van der Waals surface area contributed by atoms with Crippen molar-refractivity contribution in [3.05, 3.63) is 59.3 Å². The van der Waals surface area contributed by atoms with Crippen LogP contribution in [0.25, 0.3) is 16.5 Å². The lowest BCUT2D eigenvalue weighted by atomic mass is 10.1. The van der Waals surface area contributed by atoms with Crippen molar-refractivity contribution in [2.24, 2.45) is 0 Å². The zero-order chi connectivity index (χ0) is 21.5. The summed E-state index contributed by atoms with van der Waals surface area (Å²) in [4.78, 5) is 2.39. The Balaban J connectivity index is 1.92. The van der Waals surface area contributed by atoms with Crippen molar-refractivity contribution in [1.29, 1.82) is 0 Å². The topological polar surface area (TPSA) is 60.8 Å². The predicted molar refractivity (Wildman–Crippen MR) is 119 cm³/mol. The highest BCUT2D eigenvalue weighted by Crippen LogP contribution is 2.37. The molecular formula is C22H23ClN2O4S. The molecule has 0 aliphatic carbocycles. The predicted octanol–water partition coefficient (Wildman–Crippen LogP) is 4.18. The first-order valence-corrected chi connectivity index (χ1v) is 11.4. The molecule has 0 saturated carbocycles. The zero-order valence-corrected chi connectivity index (χ0v) is 18.6. The van der Waals surface area contributed by atoms with Gasteiger partial charge in [-0.2, -0.15) is 0 Å². The van der Waals surface area contributed by atoms with Crippen LogP contribution in [-0.4, -0.2) is 51.1 Å². The summed E-state index contributed by atoms with van der Waals surface area (Å²) in [5.74, 6) is 1.25. The Morgan fingerprint density at radius 1 is 1.00 bits per heavy atom. The highest BCUT2D eigenvalue weighted by molar-refractivity contribution is 7.90. The highest BCUT2D eigenvalue weighted by Gasteiger charge is 2.27. The van der Waals surface area contributed by atoms with Crippen molar-refractivity contribution in [2.75, 3.05) is 33.9 Å². The second kappa shape index (κ2) is 7.98. The summed E-state index contributed by atoms with van der Waals surface area (Å²) in [6.07, 6.45) is 1.67. The molecule has 4 rings (SSSR count). The van der Waals surface area contributed by atoms with Crippen LogP contribution in [0.5, 0.6) is 11.5 Å². The third-order valence-electron chi connectivity index (χ3n) is 5.44. The summed E-state index contributed by atoms with van der Waals surface area (Å²) < 4.78 is 38.8. The number of hydrogen-bond acceptors (Lipinski definition) is 5. The smallest absolute Gasteiger partial charge is 0.268 e. The van der Waals surface area contributed by atoms with Gasteiger partial charge in [0, 0.05) is 35.3 Å². The fraction of sp³-hybridized carbons (Fsp3) is 0.273. The molecule has 1 aliphatic heterocycles. The summed E-state index contributed by atoms with van der Waals surface area (Å²) in [7, 11) is -0.682. The number of likely N-dealkylation sites (N-methyl/N-ethyl adjacent to an activating group) is 1. The van der Waals surface area contributed by atoms with Crippen LogP contribution in [0.4, 0.5) is 0 Å². The lowest BCUT2D eigenvalue weighted by molar-refractivity contribution is 0.375. The van der Waals surface area contributed by atoms with Gasteiger partial charge in [0.1, 0.15) is 11.5 Å². The molecule has 0 unspecified atom stereocenters. The van der Waals surface area contributed by atoms with Gasteiger partial charge in [0.15, 0.2) is 0 Å². The van der Waals surface area contributed by atoms with Gasteiger partial charge in [0.25, 0.3) is 10.0 Å². The lowest BCUT2D eigenvalue weighted by Gasteiger charge is -2.11. The summed E-state index contributed by atoms with van der Waals surface area (Å²) in [6, 6.07) is 11.7. The van der Waals surface area contributed by atoms with E-state index in [0.29, 0.717) is 30.1 Å². The van der Waals surface area contributed by atoms with E-state index in [1.54, 1.807) is 56.8 Å². The normalized spacial score (nSPS) is 15.2. The van der Waals surface area contributed by atoms with Gasteiger partial charge in [0.2, 0.25) is 0 Å². The molecule has 0 radical (unpaired) electrons. The van der Waals surface area contributed by atoms with Crippen molar-refractivity contribution < 1.29 is 17.9 Å². The van der Waals surface area contributed by atoms with Crippen LogP contribution >= 0.6 is 11.6 Å². The van der Waals surface area contributed by atoms with Crippen LogP contribution in [0, 0.1) is 0 Å². The monoisotopic (exact) mass is 446 g/mol. The third kappa shape index (κ3) is 3.47. The maximum atomic E-state index is 13.5. The second-order valence-electron chi connectivity index (χ2n) is 7.09. The molecule has 0 spiro atoms. The molecule has 0 atom stereocenters. The SMILES string of the molecule is CCN1CC(Cl)=C(c2cn(S(=O)(=O)c3ccc(OC)cc3)c3ccc(OC)cc23)C1. The molecular weight excluding hydrogens is 424 g/mol. The molecule has 6 nitrogen and oxygen atoms in total. The highest BCUT2D eigenvalue weighted by atomic mass is 35.5. The Morgan fingerprint density at radius 3 is 2.27 bits per heavy atom. The minimum Gasteiger partial charge on any atom is -0.497 e. The van der Waals surface area contributed by atoms with E-state index in [1.807, 2.05) is 6.07 Å². The van der Waals surface area contributed by atoms with E-state index in [1.165, 1.54) is 3.97 Å². The fourth-order valence-corrected chi connectivity index (χ4v) is 5.42. The summed E-state index contributed by atoms with van der Waals surface area (Å²) in [5.41, 5.74) is 2.33. The Hall–Kier alpha value is -2.48. The number of nitrogens with zero attached hydrogens (tertiary/aromatic N) is 2. The number of methoxy groups -OCH3 is 2. The van der Waals surface area contributed by atoms with Crippen LogP contribution in [0.1, 0.15) is 12.5 Å². The van der Waals surface area contributed by atoms with Gasteiger partial charge >= 0.3 is 0 Å². The summed E-state index contributed by atoms with van der Waals surface area (Å²) in [6.45, 7) is 4.28. The molecule has 30 heavy (non-hydrogen) atoms. The van der Waals surface area contributed by atoms with E-state index >= 15 is 0 Å². The first-order chi connectivity index (χ1) is 14.4.